The highest BCUT2D eigenvalue weighted by Crippen LogP contribution is 2.39. The Morgan fingerprint density at radius 2 is 1.64 bits per heavy atom. The Labute approximate surface area is 89.9 Å². The van der Waals surface area contributed by atoms with E-state index in [9.17, 15) is 0 Å². The summed E-state index contributed by atoms with van der Waals surface area (Å²) in [5, 5.41) is 0. The van der Waals surface area contributed by atoms with Gasteiger partial charge in [0.25, 0.3) is 0 Å². The van der Waals surface area contributed by atoms with E-state index in [-0.39, 0.29) is 0 Å². The van der Waals surface area contributed by atoms with Gasteiger partial charge in [-0.3, -0.25) is 4.90 Å². The zero-order valence-electron chi connectivity index (χ0n) is 10.6. The minimum absolute atomic E-state index is 0.368. The third-order valence-corrected chi connectivity index (χ3v) is 3.19. The molecule has 2 nitrogen and oxygen atoms in total. The number of nitrogens with two attached hydrogens (primary N) is 1. The Hall–Kier alpha value is -0.0800. The molecule has 2 fully saturated rings. The van der Waals surface area contributed by atoms with Crippen molar-refractivity contribution >= 4 is 0 Å². The molecule has 0 aromatic carbocycles. The second-order valence-corrected chi connectivity index (χ2v) is 3.79. The van der Waals surface area contributed by atoms with E-state index in [4.69, 9.17) is 5.73 Å². The molecule has 1 saturated carbocycles. The van der Waals surface area contributed by atoms with Crippen molar-refractivity contribution in [1.29, 1.82) is 0 Å². The quantitative estimate of drug-likeness (QED) is 0.651. The molecule has 2 rings (SSSR count). The van der Waals surface area contributed by atoms with E-state index in [2.05, 4.69) is 11.9 Å². The van der Waals surface area contributed by atoms with Gasteiger partial charge in [-0.1, -0.05) is 34.1 Å². The first-order chi connectivity index (χ1) is 6.79. The predicted molar refractivity (Wildman–Crippen MR) is 64.1 cm³/mol. The van der Waals surface area contributed by atoms with Crippen molar-refractivity contribution < 1.29 is 0 Å². The van der Waals surface area contributed by atoms with Gasteiger partial charge in [0.1, 0.15) is 0 Å². The Morgan fingerprint density at radius 1 is 1.07 bits per heavy atom. The fourth-order valence-electron chi connectivity index (χ4n) is 2.56. The molecule has 1 aliphatic carbocycles. The molecular weight excluding hydrogens is 172 g/mol. The number of likely N-dealkylation sites (tertiary alicyclic amines) is 1. The van der Waals surface area contributed by atoms with E-state index in [0.29, 0.717) is 6.17 Å². The number of fused-ring (bicyclic) bond motifs is 1. The van der Waals surface area contributed by atoms with Crippen LogP contribution in [-0.2, 0) is 0 Å². The Morgan fingerprint density at radius 3 is 2.14 bits per heavy atom. The van der Waals surface area contributed by atoms with Crippen molar-refractivity contribution in [2.45, 2.75) is 53.1 Å². The minimum Gasteiger partial charge on any atom is -0.315 e. The van der Waals surface area contributed by atoms with Crippen LogP contribution in [0.1, 0.15) is 47.0 Å². The molecule has 14 heavy (non-hydrogen) atoms. The number of hydrogen-bond donors (Lipinski definition) is 1. The van der Waals surface area contributed by atoms with Crippen molar-refractivity contribution in [3.8, 4) is 0 Å². The summed E-state index contributed by atoms with van der Waals surface area (Å²) in [6.45, 7) is 9.24. The van der Waals surface area contributed by atoms with Crippen LogP contribution in [-0.4, -0.2) is 24.7 Å². The van der Waals surface area contributed by atoms with Crippen LogP contribution in [0.15, 0.2) is 0 Å². The first-order valence-corrected chi connectivity index (χ1v) is 6.25. The molecule has 1 heterocycles. The molecule has 86 valence electrons. The third kappa shape index (κ3) is 2.96. The van der Waals surface area contributed by atoms with Crippen molar-refractivity contribution in [3.63, 3.8) is 0 Å². The monoisotopic (exact) mass is 200 g/mol. The van der Waals surface area contributed by atoms with E-state index in [1.807, 2.05) is 27.7 Å². The summed E-state index contributed by atoms with van der Waals surface area (Å²) in [7, 11) is 2.14. The van der Waals surface area contributed by atoms with E-state index < -0.39 is 0 Å². The number of rotatable bonds is 0. The smallest absolute Gasteiger partial charge is 0.0601 e. The largest absolute Gasteiger partial charge is 0.315 e. The van der Waals surface area contributed by atoms with Crippen LogP contribution in [0.2, 0.25) is 0 Å². The highest BCUT2D eigenvalue weighted by molar-refractivity contribution is 4.91. The summed E-state index contributed by atoms with van der Waals surface area (Å²) < 4.78 is 0. The lowest BCUT2D eigenvalue weighted by Crippen LogP contribution is -2.37. The lowest BCUT2D eigenvalue weighted by molar-refractivity contribution is 0.273. The van der Waals surface area contributed by atoms with Crippen molar-refractivity contribution in [3.05, 3.63) is 0 Å². The van der Waals surface area contributed by atoms with Crippen molar-refractivity contribution in [1.82, 2.24) is 4.90 Å². The van der Waals surface area contributed by atoms with E-state index in [1.54, 1.807) is 0 Å². The average Bonchev–Trinajstić information content (AvgIpc) is 2.79. The normalized spacial score (nSPS) is 35.1. The molecule has 0 spiro atoms. The molecule has 0 aromatic heterocycles. The van der Waals surface area contributed by atoms with Gasteiger partial charge in [0, 0.05) is 6.54 Å². The minimum atomic E-state index is 0.368. The summed E-state index contributed by atoms with van der Waals surface area (Å²) in [6.07, 6.45) is 4.57. The maximum absolute atomic E-state index is 5.99. The van der Waals surface area contributed by atoms with Crippen LogP contribution in [0.4, 0.5) is 0 Å². The second-order valence-electron chi connectivity index (χ2n) is 3.79. The van der Waals surface area contributed by atoms with Crippen LogP contribution >= 0.6 is 0 Å². The first-order valence-electron chi connectivity index (χ1n) is 6.25. The SMILES string of the molecule is CC.CC.CN1CC2CCCC2C1N. The molecule has 2 N–H and O–H groups in total. The maximum atomic E-state index is 5.99. The molecule has 2 heteroatoms. The van der Waals surface area contributed by atoms with Crippen molar-refractivity contribution in [2.24, 2.45) is 17.6 Å². The summed E-state index contributed by atoms with van der Waals surface area (Å²) in [5.74, 6) is 1.75. The fraction of sp³-hybridized carbons (Fsp3) is 1.00. The van der Waals surface area contributed by atoms with Gasteiger partial charge in [0.15, 0.2) is 0 Å². The Bertz CT molecular complexity index is 134. The van der Waals surface area contributed by atoms with E-state index in [0.717, 1.165) is 11.8 Å². The van der Waals surface area contributed by atoms with Crippen LogP contribution in [0.5, 0.6) is 0 Å². The lowest BCUT2D eigenvalue weighted by Gasteiger charge is -2.18. The van der Waals surface area contributed by atoms with Gasteiger partial charge < -0.3 is 5.73 Å². The van der Waals surface area contributed by atoms with Gasteiger partial charge in [0.05, 0.1) is 6.17 Å². The number of hydrogen-bond acceptors (Lipinski definition) is 2. The van der Waals surface area contributed by atoms with Gasteiger partial charge in [-0.05, 0) is 31.7 Å². The molecule has 1 saturated heterocycles. The first kappa shape index (κ1) is 13.9. The van der Waals surface area contributed by atoms with Gasteiger partial charge in [-0.25, -0.2) is 0 Å². The summed E-state index contributed by atoms with van der Waals surface area (Å²) in [4.78, 5) is 2.30. The zero-order chi connectivity index (χ0) is 11.1. The summed E-state index contributed by atoms with van der Waals surface area (Å²) >= 11 is 0. The highest BCUT2D eigenvalue weighted by Gasteiger charge is 2.40. The van der Waals surface area contributed by atoms with Crippen LogP contribution < -0.4 is 5.73 Å². The molecule has 0 bridgehead atoms. The molecule has 0 radical (unpaired) electrons. The summed E-state index contributed by atoms with van der Waals surface area (Å²) in [5.41, 5.74) is 5.99. The van der Waals surface area contributed by atoms with Crippen LogP contribution in [0, 0.1) is 11.8 Å². The molecule has 0 aromatic rings. The lowest BCUT2D eigenvalue weighted by atomic mass is 9.99. The van der Waals surface area contributed by atoms with Crippen LogP contribution in [0.25, 0.3) is 0 Å². The second kappa shape index (κ2) is 7.24. The summed E-state index contributed by atoms with van der Waals surface area (Å²) in [6, 6.07) is 0. The van der Waals surface area contributed by atoms with Gasteiger partial charge in [-0.15, -0.1) is 0 Å². The predicted octanol–water partition coefficient (Wildman–Crippen LogP) is 2.69. The zero-order valence-corrected chi connectivity index (χ0v) is 10.6. The van der Waals surface area contributed by atoms with E-state index >= 15 is 0 Å². The Kier molecular flexibility index (Phi) is 7.20. The van der Waals surface area contributed by atoms with Gasteiger partial charge >= 0.3 is 0 Å². The topological polar surface area (TPSA) is 29.3 Å². The van der Waals surface area contributed by atoms with Gasteiger partial charge in [0.2, 0.25) is 0 Å². The van der Waals surface area contributed by atoms with E-state index in [1.165, 1.54) is 25.8 Å². The fourth-order valence-corrected chi connectivity index (χ4v) is 2.56. The van der Waals surface area contributed by atoms with Gasteiger partial charge in [-0.2, -0.15) is 0 Å². The third-order valence-electron chi connectivity index (χ3n) is 3.19. The number of nitrogens with zero attached hydrogens (tertiary/aromatic N) is 1. The molecule has 3 unspecified atom stereocenters. The highest BCUT2D eigenvalue weighted by atomic mass is 15.2. The van der Waals surface area contributed by atoms with Crippen molar-refractivity contribution in [2.75, 3.05) is 13.6 Å². The van der Waals surface area contributed by atoms with Crippen LogP contribution in [0.3, 0.4) is 0 Å². The standard InChI is InChI=1S/C8H16N2.2C2H6/c1-10-5-6-3-2-4-7(6)8(10)9;2*1-2/h6-8H,2-5,9H2,1H3;2*1-2H3. The maximum Gasteiger partial charge on any atom is 0.0601 e. The molecule has 2 aliphatic rings. The molecule has 0 amide bonds. The molecular formula is C12H28N2. The molecule has 1 aliphatic heterocycles. The average molecular weight is 200 g/mol. The molecule has 3 atom stereocenters. The Balaban J connectivity index is 0.000000379.